The second-order valence-corrected chi connectivity index (χ2v) is 3.45. The Balaban J connectivity index is 0.00000112. The molecule has 15 heavy (non-hydrogen) atoms. The van der Waals surface area contributed by atoms with Crippen LogP contribution < -0.4 is 10.6 Å². The number of halogens is 1. The lowest BCUT2D eigenvalue weighted by atomic mass is 10.1. The summed E-state index contributed by atoms with van der Waals surface area (Å²) in [4.78, 5) is 15.7. The highest BCUT2D eigenvalue weighted by Crippen LogP contribution is 2.08. The Morgan fingerprint density at radius 1 is 1.60 bits per heavy atom. The van der Waals surface area contributed by atoms with E-state index >= 15 is 0 Å². The van der Waals surface area contributed by atoms with Crippen molar-refractivity contribution in [2.45, 2.75) is 19.4 Å². The smallest absolute Gasteiger partial charge is 0.242 e. The molecule has 1 fully saturated rings. The molecule has 1 atom stereocenters. The number of pyridine rings is 1. The van der Waals surface area contributed by atoms with Crippen LogP contribution in [0.15, 0.2) is 18.2 Å². The summed E-state index contributed by atoms with van der Waals surface area (Å²) in [6.45, 7) is 2.83. The summed E-state index contributed by atoms with van der Waals surface area (Å²) >= 11 is 0. The van der Waals surface area contributed by atoms with Crippen LogP contribution >= 0.6 is 12.4 Å². The van der Waals surface area contributed by atoms with E-state index in [0.29, 0.717) is 5.82 Å². The molecule has 2 heterocycles. The average molecular weight is 228 g/mol. The lowest BCUT2D eigenvalue weighted by Crippen LogP contribution is -2.50. The molecule has 1 aliphatic rings. The highest BCUT2D eigenvalue weighted by molar-refractivity contribution is 5.94. The number of carbonyl (C=O) groups is 1. The number of hydrogen-bond acceptors (Lipinski definition) is 3. The van der Waals surface area contributed by atoms with E-state index in [1.807, 2.05) is 19.1 Å². The van der Waals surface area contributed by atoms with Gasteiger partial charge in [0.2, 0.25) is 5.91 Å². The van der Waals surface area contributed by atoms with Gasteiger partial charge in [-0.15, -0.1) is 12.4 Å². The largest absolute Gasteiger partial charge is 0.309 e. The summed E-state index contributed by atoms with van der Waals surface area (Å²) in [5.41, 5.74) is 0.907. The van der Waals surface area contributed by atoms with Crippen LogP contribution in [0.4, 0.5) is 5.82 Å². The summed E-state index contributed by atoms with van der Waals surface area (Å²) in [5.74, 6) is 0.637. The number of nitrogens with one attached hydrogen (secondary N) is 2. The van der Waals surface area contributed by atoms with E-state index in [1.165, 1.54) is 0 Å². The number of amides is 1. The van der Waals surface area contributed by atoms with Crippen molar-refractivity contribution in [1.29, 1.82) is 0 Å². The molecule has 2 rings (SSSR count). The first-order chi connectivity index (χ1) is 6.75. The molecule has 0 bridgehead atoms. The van der Waals surface area contributed by atoms with E-state index in [2.05, 4.69) is 15.6 Å². The minimum absolute atomic E-state index is 0. The predicted octanol–water partition coefficient (Wildman–Crippen LogP) is 1.11. The monoisotopic (exact) mass is 227 g/mol. The Kier molecular flexibility index (Phi) is 4.05. The van der Waals surface area contributed by atoms with Crippen molar-refractivity contribution >= 4 is 24.1 Å². The van der Waals surface area contributed by atoms with Gasteiger partial charge in [0, 0.05) is 5.69 Å². The molecule has 4 nitrogen and oxygen atoms in total. The van der Waals surface area contributed by atoms with E-state index in [1.54, 1.807) is 6.07 Å². The molecule has 0 aliphatic carbocycles. The zero-order chi connectivity index (χ0) is 9.97. The maximum atomic E-state index is 11.5. The second kappa shape index (κ2) is 5.09. The highest BCUT2D eigenvalue weighted by atomic mass is 35.5. The lowest BCUT2D eigenvalue weighted by Gasteiger charge is -2.25. The minimum Gasteiger partial charge on any atom is -0.309 e. The van der Waals surface area contributed by atoms with E-state index in [0.717, 1.165) is 18.7 Å². The summed E-state index contributed by atoms with van der Waals surface area (Å²) < 4.78 is 0. The van der Waals surface area contributed by atoms with Gasteiger partial charge in [0.1, 0.15) is 5.82 Å². The maximum absolute atomic E-state index is 11.5. The molecule has 2 N–H and O–H groups in total. The molecular formula is C10H14ClN3O. The van der Waals surface area contributed by atoms with E-state index in [4.69, 9.17) is 0 Å². The average Bonchev–Trinajstić information content (AvgIpc) is 1.99. The first-order valence-corrected chi connectivity index (χ1v) is 4.73. The molecule has 1 aliphatic heterocycles. The van der Waals surface area contributed by atoms with Crippen molar-refractivity contribution in [3.8, 4) is 0 Å². The second-order valence-electron chi connectivity index (χ2n) is 3.45. The zero-order valence-electron chi connectivity index (χ0n) is 8.49. The van der Waals surface area contributed by atoms with Crippen molar-refractivity contribution in [3.05, 3.63) is 23.9 Å². The quantitative estimate of drug-likeness (QED) is 0.796. The molecular weight excluding hydrogens is 214 g/mol. The van der Waals surface area contributed by atoms with Gasteiger partial charge in [0.25, 0.3) is 0 Å². The number of rotatable bonds is 2. The van der Waals surface area contributed by atoms with E-state index in [-0.39, 0.29) is 24.4 Å². The third-order valence-corrected chi connectivity index (χ3v) is 2.28. The number of carbonyl (C=O) groups excluding carboxylic acids is 1. The molecule has 1 saturated heterocycles. The van der Waals surface area contributed by atoms with Gasteiger partial charge in [-0.25, -0.2) is 4.98 Å². The summed E-state index contributed by atoms with van der Waals surface area (Å²) in [6.07, 6.45) is 0.914. The number of hydrogen-bond donors (Lipinski definition) is 2. The van der Waals surface area contributed by atoms with Gasteiger partial charge in [-0.2, -0.15) is 0 Å². The Morgan fingerprint density at radius 3 is 2.87 bits per heavy atom. The minimum atomic E-state index is -0.0303. The first-order valence-electron chi connectivity index (χ1n) is 4.73. The number of aryl methyl sites for hydroxylation is 1. The summed E-state index contributed by atoms with van der Waals surface area (Å²) in [6, 6.07) is 5.55. The van der Waals surface area contributed by atoms with Gasteiger partial charge in [-0.3, -0.25) is 4.79 Å². The Labute approximate surface area is 94.9 Å². The van der Waals surface area contributed by atoms with Crippen LogP contribution in [-0.4, -0.2) is 23.5 Å². The molecule has 82 valence electrons. The topological polar surface area (TPSA) is 54.0 Å². The fourth-order valence-corrected chi connectivity index (χ4v) is 1.34. The molecule has 0 saturated carbocycles. The van der Waals surface area contributed by atoms with Crippen molar-refractivity contribution in [3.63, 3.8) is 0 Å². The third-order valence-electron chi connectivity index (χ3n) is 2.28. The van der Waals surface area contributed by atoms with Gasteiger partial charge in [0.05, 0.1) is 6.04 Å². The van der Waals surface area contributed by atoms with E-state index in [9.17, 15) is 4.79 Å². The van der Waals surface area contributed by atoms with Gasteiger partial charge in [-0.05, 0) is 32.0 Å². The Morgan fingerprint density at radius 2 is 2.33 bits per heavy atom. The van der Waals surface area contributed by atoms with Crippen LogP contribution in [0.5, 0.6) is 0 Å². The van der Waals surface area contributed by atoms with Crippen LogP contribution in [0.2, 0.25) is 0 Å². The number of aromatic nitrogens is 1. The first kappa shape index (κ1) is 11.9. The zero-order valence-corrected chi connectivity index (χ0v) is 9.30. The molecule has 0 radical (unpaired) electrons. The maximum Gasteiger partial charge on any atom is 0.242 e. The van der Waals surface area contributed by atoms with Crippen LogP contribution in [-0.2, 0) is 4.79 Å². The van der Waals surface area contributed by atoms with E-state index < -0.39 is 0 Å². The standard InChI is InChI=1S/C10H13N3O.ClH/c1-7-3-2-4-9(12-7)13-10(14)8-5-6-11-8;/h2-4,8,11H,5-6H2,1H3,(H,12,13,14);1H/t8-;/m0./s1. The SMILES string of the molecule is Cc1cccc(NC(=O)[C@@H]2CCN2)n1.Cl. The summed E-state index contributed by atoms with van der Waals surface area (Å²) in [5, 5.41) is 5.81. The third kappa shape index (κ3) is 2.91. The molecule has 0 spiro atoms. The van der Waals surface area contributed by atoms with Crippen LogP contribution in [0.3, 0.4) is 0 Å². The normalized spacial score (nSPS) is 18.6. The van der Waals surface area contributed by atoms with Gasteiger partial charge in [0.15, 0.2) is 0 Å². The van der Waals surface area contributed by atoms with Crippen LogP contribution in [0.1, 0.15) is 12.1 Å². The summed E-state index contributed by atoms with van der Waals surface area (Å²) in [7, 11) is 0. The van der Waals surface area contributed by atoms with Crippen molar-refractivity contribution in [1.82, 2.24) is 10.3 Å². The molecule has 1 amide bonds. The van der Waals surface area contributed by atoms with Gasteiger partial charge in [-0.1, -0.05) is 6.07 Å². The number of anilines is 1. The van der Waals surface area contributed by atoms with Crippen LogP contribution in [0.25, 0.3) is 0 Å². The number of nitrogens with zero attached hydrogens (tertiary/aromatic N) is 1. The molecule has 5 heteroatoms. The van der Waals surface area contributed by atoms with Crippen molar-refractivity contribution in [2.75, 3.05) is 11.9 Å². The van der Waals surface area contributed by atoms with Crippen LogP contribution in [0, 0.1) is 6.92 Å². The van der Waals surface area contributed by atoms with Gasteiger partial charge >= 0.3 is 0 Å². The fourth-order valence-electron chi connectivity index (χ4n) is 1.34. The Hall–Kier alpha value is -1.13. The fraction of sp³-hybridized carbons (Fsp3) is 0.400. The predicted molar refractivity (Wildman–Crippen MR) is 61.3 cm³/mol. The van der Waals surface area contributed by atoms with Gasteiger partial charge < -0.3 is 10.6 Å². The van der Waals surface area contributed by atoms with Crippen molar-refractivity contribution in [2.24, 2.45) is 0 Å². The van der Waals surface area contributed by atoms with Crippen molar-refractivity contribution < 1.29 is 4.79 Å². The molecule has 0 unspecified atom stereocenters. The highest BCUT2D eigenvalue weighted by Gasteiger charge is 2.24. The molecule has 0 aromatic carbocycles. The molecule has 1 aromatic rings. The molecule has 1 aromatic heterocycles. The lowest BCUT2D eigenvalue weighted by molar-refractivity contribution is -0.119. The Bertz CT molecular complexity index is 352.